The molecule has 0 radical (unpaired) electrons. The van der Waals surface area contributed by atoms with Crippen molar-refractivity contribution in [3.63, 3.8) is 0 Å². The molecule has 0 spiro atoms. The van der Waals surface area contributed by atoms with Gasteiger partial charge in [-0.3, -0.25) is 0 Å². The van der Waals surface area contributed by atoms with E-state index in [1.165, 1.54) is 108 Å². The first-order valence-electron chi connectivity index (χ1n) is 18.3. The third kappa shape index (κ3) is 4.68. The average molecular weight is 689 g/mol. The fourth-order valence-corrected chi connectivity index (χ4v) is 9.99. The van der Waals surface area contributed by atoms with E-state index in [-0.39, 0.29) is 0 Å². The lowest BCUT2D eigenvalue weighted by atomic mass is 9.83. The number of fused-ring (bicyclic) bond motifs is 8. The molecular formula is C52H32S. The van der Waals surface area contributed by atoms with E-state index in [0.29, 0.717) is 0 Å². The van der Waals surface area contributed by atoms with Crippen molar-refractivity contribution in [2.45, 2.75) is 0 Å². The molecule has 0 nitrogen and oxygen atoms in total. The van der Waals surface area contributed by atoms with Crippen molar-refractivity contribution in [3.05, 3.63) is 194 Å². The summed E-state index contributed by atoms with van der Waals surface area (Å²) in [5.74, 6) is 0. The van der Waals surface area contributed by atoms with Crippen molar-refractivity contribution < 1.29 is 0 Å². The van der Waals surface area contributed by atoms with Gasteiger partial charge < -0.3 is 0 Å². The van der Waals surface area contributed by atoms with Gasteiger partial charge in [0.2, 0.25) is 0 Å². The van der Waals surface area contributed by atoms with Gasteiger partial charge >= 0.3 is 0 Å². The van der Waals surface area contributed by atoms with Crippen LogP contribution in [0.2, 0.25) is 0 Å². The van der Waals surface area contributed by atoms with Gasteiger partial charge in [0, 0.05) is 20.2 Å². The molecule has 0 amide bonds. The lowest BCUT2D eigenvalue weighted by molar-refractivity contribution is 1.63. The van der Waals surface area contributed by atoms with Gasteiger partial charge in [0.1, 0.15) is 0 Å². The summed E-state index contributed by atoms with van der Waals surface area (Å²) in [5, 5.41) is 12.9. The van der Waals surface area contributed by atoms with Crippen LogP contribution in [-0.2, 0) is 0 Å². The normalized spacial score (nSPS) is 11.8. The lowest BCUT2D eigenvalue weighted by Crippen LogP contribution is -1.92. The van der Waals surface area contributed by atoms with Crippen LogP contribution in [0.3, 0.4) is 0 Å². The van der Waals surface area contributed by atoms with Crippen LogP contribution in [0.1, 0.15) is 0 Å². The first-order chi connectivity index (χ1) is 26.3. The van der Waals surface area contributed by atoms with Crippen molar-refractivity contribution in [1.82, 2.24) is 0 Å². The summed E-state index contributed by atoms with van der Waals surface area (Å²) in [6.07, 6.45) is 0. The maximum absolute atomic E-state index is 2.34. The first kappa shape index (κ1) is 30.1. The van der Waals surface area contributed by atoms with E-state index in [0.717, 1.165) is 0 Å². The van der Waals surface area contributed by atoms with Crippen molar-refractivity contribution >= 4 is 74.6 Å². The van der Waals surface area contributed by atoms with Crippen LogP contribution in [0.15, 0.2) is 194 Å². The van der Waals surface area contributed by atoms with Gasteiger partial charge in [0.05, 0.1) is 0 Å². The van der Waals surface area contributed by atoms with E-state index in [9.17, 15) is 0 Å². The van der Waals surface area contributed by atoms with Gasteiger partial charge in [-0.1, -0.05) is 188 Å². The summed E-state index contributed by atoms with van der Waals surface area (Å²) < 4.78 is 2.69. The smallest absolute Gasteiger partial charge is 0.0434 e. The second-order valence-electron chi connectivity index (χ2n) is 13.9. The molecule has 0 saturated carbocycles. The summed E-state index contributed by atoms with van der Waals surface area (Å²) in [4.78, 5) is 0. The molecule has 0 unspecified atom stereocenters. The number of thiophene rings is 1. The highest BCUT2D eigenvalue weighted by molar-refractivity contribution is 7.26. The standard InChI is InChI=1S/C52H32S/c1-2-13-33(14-3-1)37-31-32-46(41-18-7-6-17-40(37)41)50-44-21-10-8-19-42(44)49(43-20-9-11-22-45(43)50)36-27-25-35(26-28-36)38-23-12-24-48-51(38)47-30-29-34-15-4-5-16-39(34)52(47)53-48/h1-32H. The van der Waals surface area contributed by atoms with Crippen LogP contribution >= 0.6 is 11.3 Å². The van der Waals surface area contributed by atoms with Crippen LogP contribution in [0.25, 0.3) is 108 Å². The molecule has 0 aliphatic heterocycles. The predicted molar refractivity (Wildman–Crippen MR) is 231 cm³/mol. The van der Waals surface area contributed by atoms with Crippen molar-refractivity contribution in [3.8, 4) is 44.5 Å². The summed E-state index contributed by atoms with van der Waals surface area (Å²) >= 11 is 1.90. The molecule has 1 heterocycles. The summed E-state index contributed by atoms with van der Waals surface area (Å²) in [6.45, 7) is 0. The van der Waals surface area contributed by atoms with Crippen LogP contribution in [0.5, 0.6) is 0 Å². The maximum Gasteiger partial charge on any atom is 0.0434 e. The fraction of sp³-hybridized carbons (Fsp3) is 0. The van der Waals surface area contributed by atoms with Gasteiger partial charge in [-0.2, -0.15) is 0 Å². The molecule has 1 aromatic heterocycles. The molecule has 1 heteroatoms. The third-order valence-corrected chi connectivity index (χ3v) is 12.3. The Balaban J connectivity index is 1.10. The highest BCUT2D eigenvalue weighted by Crippen LogP contribution is 2.47. The van der Waals surface area contributed by atoms with Gasteiger partial charge in [0.25, 0.3) is 0 Å². The maximum atomic E-state index is 2.34. The van der Waals surface area contributed by atoms with Crippen molar-refractivity contribution in [1.29, 1.82) is 0 Å². The minimum atomic E-state index is 1.23. The molecule has 0 saturated heterocycles. The Morgan fingerprint density at radius 2 is 0.792 bits per heavy atom. The van der Waals surface area contributed by atoms with Gasteiger partial charge in [-0.25, -0.2) is 0 Å². The predicted octanol–water partition coefficient (Wildman–Crippen LogP) is 15.3. The van der Waals surface area contributed by atoms with Gasteiger partial charge in [0.15, 0.2) is 0 Å². The molecule has 0 aliphatic rings. The number of rotatable bonds is 4. The SMILES string of the molecule is c1ccc(-c2ccc(-c3c4ccccc4c(-c4ccc(-c5cccc6sc7c8ccccc8ccc7c56)cc4)c4ccccc34)c3ccccc23)cc1. The quantitative estimate of drug-likeness (QED) is 0.162. The second kappa shape index (κ2) is 12.0. The number of hydrogen-bond donors (Lipinski definition) is 0. The highest BCUT2D eigenvalue weighted by atomic mass is 32.1. The molecule has 0 aliphatic carbocycles. The minimum Gasteiger partial charge on any atom is -0.135 e. The Labute approximate surface area is 311 Å². The molecule has 0 atom stereocenters. The Morgan fingerprint density at radius 3 is 1.49 bits per heavy atom. The zero-order valence-electron chi connectivity index (χ0n) is 28.9. The van der Waals surface area contributed by atoms with Gasteiger partial charge in [-0.15, -0.1) is 11.3 Å². The topological polar surface area (TPSA) is 0 Å². The van der Waals surface area contributed by atoms with E-state index >= 15 is 0 Å². The zero-order chi connectivity index (χ0) is 34.9. The molecule has 53 heavy (non-hydrogen) atoms. The molecular weight excluding hydrogens is 657 g/mol. The number of hydrogen-bond acceptors (Lipinski definition) is 1. The molecule has 10 aromatic carbocycles. The monoisotopic (exact) mass is 688 g/mol. The van der Waals surface area contributed by atoms with Crippen molar-refractivity contribution in [2.24, 2.45) is 0 Å². The van der Waals surface area contributed by atoms with Gasteiger partial charge in [-0.05, 0) is 93.7 Å². The average Bonchev–Trinajstić information content (AvgIpc) is 3.63. The summed E-state index contributed by atoms with van der Waals surface area (Å²) in [5.41, 5.74) is 10.1. The van der Waals surface area contributed by atoms with Crippen LogP contribution in [-0.4, -0.2) is 0 Å². The van der Waals surface area contributed by atoms with Crippen LogP contribution < -0.4 is 0 Å². The lowest BCUT2D eigenvalue weighted by Gasteiger charge is -2.20. The Kier molecular flexibility index (Phi) is 6.83. The first-order valence-corrected chi connectivity index (χ1v) is 19.1. The molecule has 11 rings (SSSR count). The van der Waals surface area contributed by atoms with Crippen LogP contribution in [0, 0.1) is 0 Å². The minimum absolute atomic E-state index is 1.23. The zero-order valence-corrected chi connectivity index (χ0v) is 29.7. The number of benzene rings is 10. The summed E-state index contributed by atoms with van der Waals surface area (Å²) in [7, 11) is 0. The Hall–Kier alpha value is -6.54. The van der Waals surface area contributed by atoms with E-state index in [4.69, 9.17) is 0 Å². The molecule has 246 valence electrons. The Morgan fingerprint density at radius 1 is 0.264 bits per heavy atom. The molecule has 11 aromatic rings. The second-order valence-corrected chi connectivity index (χ2v) is 15.0. The molecule has 0 fully saturated rings. The Bertz CT molecular complexity index is 3150. The molecule has 0 bridgehead atoms. The largest absolute Gasteiger partial charge is 0.135 e. The third-order valence-electron chi connectivity index (χ3n) is 11.1. The van der Waals surface area contributed by atoms with E-state index in [1.807, 2.05) is 11.3 Å². The van der Waals surface area contributed by atoms with Crippen LogP contribution in [0.4, 0.5) is 0 Å². The summed E-state index contributed by atoms with van der Waals surface area (Å²) in [6, 6.07) is 71.6. The fourth-order valence-electron chi connectivity index (χ4n) is 8.73. The highest BCUT2D eigenvalue weighted by Gasteiger charge is 2.19. The van der Waals surface area contributed by atoms with E-state index in [2.05, 4.69) is 194 Å². The van der Waals surface area contributed by atoms with E-state index in [1.54, 1.807) is 0 Å². The van der Waals surface area contributed by atoms with Crippen molar-refractivity contribution in [2.75, 3.05) is 0 Å². The molecule has 0 N–H and O–H groups in total. The van der Waals surface area contributed by atoms with E-state index < -0.39 is 0 Å².